The van der Waals surface area contributed by atoms with Crippen molar-refractivity contribution in [3.63, 3.8) is 0 Å². The fourth-order valence-corrected chi connectivity index (χ4v) is 3.34. The number of rotatable bonds is 8. The highest BCUT2D eigenvalue weighted by molar-refractivity contribution is 7.99. The van der Waals surface area contributed by atoms with Crippen LogP contribution in [0.25, 0.3) is 0 Å². The molecule has 3 rings (SSSR count). The average molecular weight is 412 g/mol. The SMILES string of the molecule is COc1ccc(Cc2nnc(SCC(=O)Nc3cccc(C(=O)O)c3)n2C)cc1. The molecule has 0 aliphatic heterocycles. The highest BCUT2D eigenvalue weighted by atomic mass is 32.2. The number of methoxy groups -OCH3 is 1. The maximum absolute atomic E-state index is 12.2. The Labute approximate surface area is 171 Å². The zero-order chi connectivity index (χ0) is 20.8. The number of aromatic nitrogens is 3. The van der Waals surface area contributed by atoms with Crippen molar-refractivity contribution in [2.75, 3.05) is 18.2 Å². The van der Waals surface area contributed by atoms with Gasteiger partial charge >= 0.3 is 5.97 Å². The molecule has 0 atom stereocenters. The van der Waals surface area contributed by atoms with Crippen LogP contribution >= 0.6 is 11.8 Å². The van der Waals surface area contributed by atoms with Gasteiger partial charge in [-0.05, 0) is 35.9 Å². The van der Waals surface area contributed by atoms with Crippen LogP contribution in [-0.4, -0.2) is 44.6 Å². The number of hydrogen-bond acceptors (Lipinski definition) is 6. The number of aromatic carboxylic acids is 1. The van der Waals surface area contributed by atoms with Gasteiger partial charge < -0.3 is 19.7 Å². The molecule has 0 fully saturated rings. The average Bonchev–Trinajstić information content (AvgIpc) is 3.06. The molecule has 0 aliphatic carbocycles. The molecular weight excluding hydrogens is 392 g/mol. The number of carbonyl (C=O) groups excluding carboxylic acids is 1. The summed E-state index contributed by atoms with van der Waals surface area (Å²) < 4.78 is 7.01. The van der Waals surface area contributed by atoms with Gasteiger partial charge in [0.25, 0.3) is 0 Å². The first-order valence-corrected chi connectivity index (χ1v) is 9.72. The summed E-state index contributed by atoms with van der Waals surface area (Å²) in [7, 11) is 3.48. The molecule has 8 nitrogen and oxygen atoms in total. The molecule has 1 amide bonds. The molecule has 1 heterocycles. The number of carbonyl (C=O) groups is 2. The first kappa shape index (κ1) is 20.4. The van der Waals surface area contributed by atoms with Gasteiger partial charge in [-0.3, -0.25) is 4.79 Å². The highest BCUT2D eigenvalue weighted by Gasteiger charge is 2.13. The number of amides is 1. The van der Waals surface area contributed by atoms with E-state index in [-0.39, 0.29) is 17.2 Å². The van der Waals surface area contributed by atoms with Gasteiger partial charge in [-0.1, -0.05) is 30.0 Å². The Morgan fingerprint density at radius 1 is 1.17 bits per heavy atom. The Kier molecular flexibility index (Phi) is 6.50. The Balaban J connectivity index is 1.57. The van der Waals surface area contributed by atoms with E-state index in [0.29, 0.717) is 17.3 Å². The molecule has 0 radical (unpaired) electrons. The highest BCUT2D eigenvalue weighted by Crippen LogP contribution is 2.19. The van der Waals surface area contributed by atoms with Crippen LogP contribution in [0.1, 0.15) is 21.7 Å². The minimum absolute atomic E-state index is 0.118. The van der Waals surface area contributed by atoms with Crippen LogP contribution in [0.4, 0.5) is 5.69 Å². The lowest BCUT2D eigenvalue weighted by molar-refractivity contribution is -0.113. The summed E-state index contributed by atoms with van der Waals surface area (Å²) in [5, 5.41) is 20.7. The van der Waals surface area contributed by atoms with E-state index in [9.17, 15) is 9.59 Å². The maximum Gasteiger partial charge on any atom is 0.335 e. The van der Waals surface area contributed by atoms with Crippen molar-refractivity contribution < 1.29 is 19.4 Å². The van der Waals surface area contributed by atoms with E-state index in [2.05, 4.69) is 15.5 Å². The molecule has 0 spiro atoms. The third-order valence-corrected chi connectivity index (χ3v) is 5.19. The molecule has 150 valence electrons. The molecule has 0 saturated carbocycles. The second-order valence-corrected chi connectivity index (χ2v) is 7.15. The lowest BCUT2D eigenvalue weighted by Gasteiger charge is -2.07. The minimum Gasteiger partial charge on any atom is -0.497 e. The summed E-state index contributed by atoms with van der Waals surface area (Å²) in [5.74, 6) is 0.414. The summed E-state index contributed by atoms with van der Waals surface area (Å²) in [6, 6.07) is 13.8. The van der Waals surface area contributed by atoms with Crippen molar-refractivity contribution in [2.24, 2.45) is 7.05 Å². The maximum atomic E-state index is 12.2. The Morgan fingerprint density at radius 3 is 2.62 bits per heavy atom. The summed E-state index contributed by atoms with van der Waals surface area (Å²) in [4.78, 5) is 23.2. The van der Waals surface area contributed by atoms with Crippen molar-refractivity contribution in [3.05, 3.63) is 65.5 Å². The Morgan fingerprint density at radius 2 is 1.93 bits per heavy atom. The van der Waals surface area contributed by atoms with Gasteiger partial charge in [0.15, 0.2) is 5.16 Å². The summed E-state index contributed by atoms with van der Waals surface area (Å²) in [6.07, 6.45) is 0.613. The fourth-order valence-electron chi connectivity index (χ4n) is 2.61. The van der Waals surface area contributed by atoms with Crippen molar-refractivity contribution in [1.82, 2.24) is 14.8 Å². The van der Waals surface area contributed by atoms with Crippen molar-refractivity contribution >= 4 is 29.3 Å². The number of benzene rings is 2. The summed E-state index contributed by atoms with van der Waals surface area (Å²) >= 11 is 1.26. The first-order chi connectivity index (χ1) is 14.0. The third kappa shape index (κ3) is 5.35. The molecule has 0 saturated heterocycles. The smallest absolute Gasteiger partial charge is 0.335 e. The molecule has 29 heavy (non-hydrogen) atoms. The van der Waals surface area contributed by atoms with E-state index >= 15 is 0 Å². The van der Waals surface area contributed by atoms with Gasteiger partial charge in [-0.25, -0.2) is 4.79 Å². The van der Waals surface area contributed by atoms with Crippen molar-refractivity contribution in [2.45, 2.75) is 11.6 Å². The zero-order valence-corrected chi connectivity index (χ0v) is 16.8. The van der Waals surface area contributed by atoms with E-state index in [1.165, 1.54) is 23.9 Å². The lowest BCUT2D eigenvalue weighted by Crippen LogP contribution is -2.15. The number of nitrogens with zero attached hydrogens (tertiary/aromatic N) is 3. The predicted molar refractivity (Wildman–Crippen MR) is 110 cm³/mol. The van der Waals surface area contributed by atoms with Crippen LogP contribution in [0.15, 0.2) is 53.7 Å². The van der Waals surface area contributed by atoms with Crippen LogP contribution in [0, 0.1) is 0 Å². The number of thioether (sulfide) groups is 1. The summed E-state index contributed by atoms with van der Waals surface area (Å²) in [5.41, 5.74) is 1.63. The second kappa shape index (κ2) is 9.24. The Hall–Kier alpha value is -3.33. The van der Waals surface area contributed by atoms with Gasteiger partial charge in [0.05, 0.1) is 18.4 Å². The topological polar surface area (TPSA) is 106 Å². The number of carboxylic acid groups (broad SMARTS) is 1. The molecule has 1 aromatic heterocycles. The van der Waals surface area contributed by atoms with Crippen LogP contribution in [0.5, 0.6) is 5.75 Å². The fraction of sp³-hybridized carbons (Fsp3) is 0.200. The van der Waals surface area contributed by atoms with Gasteiger partial charge in [-0.2, -0.15) is 0 Å². The number of nitrogens with one attached hydrogen (secondary N) is 1. The van der Waals surface area contributed by atoms with E-state index < -0.39 is 5.97 Å². The monoisotopic (exact) mass is 412 g/mol. The molecule has 2 N–H and O–H groups in total. The first-order valence-electron chi connectivity index (χ1n) is 8.73. The van der Waals surface area contributed by atoms with Crippen LogP contribution in [-0.2, 0) is 18.3 Å². The lowest BCUT2D eigenvalue weighted by atomic mass is 10.1. The quantitative estimate of drug-likeness (QED) is 0.548. The normalized spacial score (nSPS) is 10.6. The Bertz CT molecular complexity index is 1020. The minimum atomic E-state index is -1.04. The van der Waals surface area contributed by atoms with Gasteiger partial charge in [-0.15, -0.1) is 10.2 Å². The number of ether oxygens (including phenoxy) is 1. The van der Waals surface area contributed by atoms with E-state index in [1.54, 1.807) is 19.2 Å². The van der Waals surface area contributed by atoms with E-state index in [0.717, 1.165) is 17.1 Å². The van der Waals surface area contributed by atoms with Crippen LogP contribution in [0.3, 0.4) is 0 Å². The number of carboxylic acids is 1. The van der Waals surface area contributed by atoms with Gasteiger partial charge in [0.2, 0.25) is 5.91 Å². The van der Waals surface area contributed by atoms with Crippen LogP contribution < -0.4 is 10.1 Å². The predicted octanol–water partition coefficient (Wildman–Crippen LogP) is 2.84. The van der Waals surface area contributed by atoms with Crippen molar-refractivity contribution in [1.29, 1.82) is 0 Å². The van der Waals surface area contributed by atoms with Crippen molar-refractivity contribution in [3.8, 4) is 5.75 Å². The van der Waals surface area contributed by atoms with Gasteiger partial charge in [0.1, 0.15) is 11.6 Å². The summed E-state index contributed by atoms with van der Waals surface area (Å²) in [6.45, 7) is 0. The number of anilines is 1. The third-order valence-electron chi connectivity index (χ3n) is 4.17. The van der Waals surface area contributed by atoms with E-state index in [1.807, 2.05) is 35.9 Å². The molecule has 0 aliphatic rings. The largest absolute Gasteiger partial charge is 0.497 e. The molecule has 0 unspecified atom stereocenters. The second-order valence-electron chi connectivity index (χ2n) is 6.21. The standard InChI is InChI=1S/C20H20N4O4S/c1-24-17(10-13-6-8-16(28-2)9-7-13)22-23-20(24)29-12-18(25)21-15-5-3-4-14(11-15)19(26)27/h3-9,11H,10,12H2,1-2H3,(H,21,25)(H,26,27). The number of hydrogen-bond donors (Lipinski definition) is 2. The molecule has 2 aromatic carbocycles. The molecule has 3 aromatic rings. The zero-order valence-electron chi connectivity index (χ0n) is 16.0. The van der Waals surface area contributed by atoms with Gasteiger partial charge in [0, 0.05) is 19.2 Å². The molecule has 9 heteroatoms. The van der Waals surface area contributed by atoms with Crippen LogP contribution in [0.2, 0.25) is 0 Å². The molecular formula is C20H20N4O4S. The molecule has 0 bridgehead atoms. The van der Waals surface area contributed by atoms with E-state index in [4.69, 9.17) is 9.84 Å².